The quantitative estimate of drug-likeness (QED) is 0.676. The van der Waals surface area contributed by atoms with Crippen molar-refractivity contribution < 1.29 is 0 Å². The van der Waals surface area contributed by atoms with Gasteiger partial charge in [0.1, 0.15) is 9.68 Å². The van der Waals surface area contributed by atoms with Crippen molar-refractivity contribution in [2.45, 2.75) is 26.2 Å². The topological polar surface area (TPSA) is 3.24 Å². The molecule has 1 aromatic rings. The van der Waals surface area contributed by atoms with Crippen LogP contribution in [-0.4, -0.2) is 28.3 Å². The maximum Gasteiger partial charge on any atom is 0.127 e. The summed E-state index contributed by atoms with van der Waals surface area (Å²) < 4.78 is 2.36. The van der Waals surface area contributed by atoms with Crippen LogP contribution in [0.25, 0.3) is 0 Å². The standard InChI is InChI=1S/C12H21NSi/c1-5-10(2)11-8-6-7-9-12(11)14-13(3)4/h6-10H,5,14H2,1-4H3. The van der Waals surface area contributed by atoms with Crippen LogP contribution in [0.15, 0.2) is 24.3 Å². The molecule has 1 unspecified atom stereocenters. The zero-order chi connectivity index (χ0) is 10.6. The SMILES string of the molecule is CCC(C)c1ccccc1[SiH2]N(C)C. The monoisotopic (exact) mass is 207 g/mol. The molecule has 1 nitrogen and oxygen atoms in total. The van der Waals surface area contributed by atoms with E-state index in [0.29, 0.717) is 5.92 Å². The van der Waals surface area contributed by atoms with Crippen molar-refractivity contribution in [1.29, 1.82) is 0 Å². The first-order valence-corrected chi connectivity index (χ1v) is 6.71. The Hall–Kier alpha value is -0.603. The largest absolute Gasteiger partial charge is 0.330 e. The molecule has 0 fully saturated rings. The summed E-state index contributed by atoms with van der Waals surface area (Å²) in [5, 5.41) is 1.60. The van der Waals surface area contributed by atoms with Crippen LogP contribution in [0.5, 0.6) is 0 Å². The summed E-state index contributed by atoms with van der Waals surface area (Å²) in [6, 6.07) is 8.92. The third-order valence-electron chi connectivity index (χ3n) is 2.68. The fourth-order valence-corrected chi connectivity index (χ4v) is 3.29. The number of nitrogens with zero attached hydrogens (tertiary/aromatic N) is 1. The molecule has 0 amide bonds. The second-order valence-corrected chi connectivity index (χ2v) is 6.59. The molecule has 0 bridgehead atoms. The van der Waals surface area contributed by atoms with Gasteiger partial charge in [0, 0.05) is 0 Å². The first kappa shape index (κ1) is 11.5. The van der Waals surface area contributed by atoms with Gasteiger partial charge in [0.25, 0.3) is 0 Å². The van der Waals surface area contributed by atoms with E-state index in [1.165, 1.54) is 6.42 Å². The molecule has 78 valence electrons. The maximum atomic E-state index is 2.36. The van der Waals surface area contributed by atoms with Gasteiger partial charge in [0.15, 0.2) is 0 Å². The van der Waals surface area contributed by atoms with E-state index in [2.05, 4.69) is 56.8 Å². The van der Waals surface area contributed by atoms with E-state index in [1.54, 1.807) is 10.8 Å². The first-order chi connectivity index (χ1) is 6.65. The van der Waals surface area contributed by atoms with E-state index in [1.807, 2.05) is 0 Å². The fraction of sp³-hybridized carbons (Fsp3) is 0.500. The predicted molar refractivity (Wildman–Crippen MR) is 67.0 cm³/mol. The van der Waals surface area contributed by atoms with Crippen LogP contribution in [0, 0.1) is 0 Å². The van der Waals surface area contributed by atoms with E-state index in [9.17, 15) is 0 Å². The zero-order valence-corrected chi connectivity index (χ0v) is 11.2. The third-order valence-corrected chi connectivity index (χ3v) is 4.30. The van der Waals surface area contributed by atoms with Gasteiger partial charge in [0.2, 0.25) is 0 Å². The number of hydrogen-bond donors (Lipinski definition) is 0. The molecule has 0 aromatic heterocycles. The lowest BCUT2D eigenvalue weighted by Gasteiger charge is -2.17. The second-order valence-electron chi connectivity index (χ2n) is 4.25. The highest BCUT2D eigenvalue weighted by atomic mass is 28.2. The Labute approximate surface area is 90.0 Å². The number of hydrogen-bond acceptors (Lipinski definition) is 1. The van der Waals surface area contributed by atoms with Crippen molar-refractivity contribution in [2.24, 2.45) is 0 Å². The average molecular weight is 207 g/mol. The van der Waals surface area contributed by atoms with E-state index in [4.69, 9.17) is 0 Å². The Kier molecular flexibility index (Phi) is 4.36. The molecule has 1 atom stereocenters. The third kappa shape index (κ3) is 2.96. The Morgan fingerprint density at radius 2 is 1.93 bits per heavy atom. The maximum absolute atomic E-state index is 2.36. The lowest BCUT2D eigenvalue weighted by Crippen LogP contribution is -2.32. The molecular formula is C12H21NSi. The van der Waals surface area contributed by atoms with Crippen LogP contribution in [0.2, 0.25) is 0 Å². The Morgan fingerprint density at radius 1 is 1.29 bits per heavy atom. The van der Waals surface area contributed by atoms with Crippen molar-refractivity contribution in [3.05, 3.63) is 29.8 Å². The summed E-state index contributed by atoms with van der Waals surface area (Å²) in [5.74, 6) is 0.707. The van der Waals surface area contributed by atoms with Gasteiger partial charge in [-0.15, -0.1) is 0 Å². The van der Waals surface area contributed by atoms with Gasteiger partial charge in [-0.2, -0.15) is 0 Å². The molecule has 0 heterocycles. The molecule has 14 heavy (non-hydrogen) atoms. The van der Waals surface area contributed by atoms with Crippen molar-refractivity contribution in [2.75, 3.05) is 14.1 Å². The molecule has 0 saturated heterocycles. The smallest absolute Gasteiger partial charge is 0.127 e. The van der Waals surface area contributed by atoms with Crippen molar-refractivity contribution >= 4 is 14.9 Å². The molecule has 0 aliphatic rings. The van der Waals surface area contributed by atoms with E-state index < -0.39 is 0 Å². The van der Waals surface area contributed by atoms with Crippen molar-refractivity contribution in [3.63, 3.8) is 0 Å². The number of benzene rings is 1. The lowest BCUT2D eigenvalue weighted by molar-refractivity contribution is 0.667. The summed E-state index contributed by atoms with van der Waals surface area (Å²) in [6.07, 6.45) is 1.23. The zero-order valence-electron chi connectivity index (χ0n) is 9.75. The van der Waals surface area contributed by atoms with Crippen LogP contribution in [0.3, 0.4) is 0 Å². The predicted octanol–water partition coefficient (Wildman–Crippen LogP) is 1.47. The van der Waals surface area contributed by atoms with Gasteiger partial charge in [0.05, 0.1) is 0 Å². The van der Waals surface area contributed by atoms with Gasteiger partial charge < -0.3 is 4.57 Å². The van der Waals surface area contributed by atoms with Crippen LogP contribution in [0.1, 0.15) is 31.7 Å². The van der Waals surface area contributed by atoms with Gasteiger partial charge in [-0.3, -0.25) is 0 Å². The molecule has 1 rings (SSSR count). The highest BCUT2D eigenvalue weighted by molar-refractivity contribution is 6.51. The van der Waals surface area contributed by atoms with Gasteiger partial charge in [-0.1, -0.05) is 38.1 Å². The summed E-state index contributed by atoms with van der Waals surface area (Å²) in [7, 11) is 4.14. The second kappa shape index (κ2) is 5.32. The first-order valence-electron chi connectivity index (χ1n) is 5.37. The fourth-order valence-electron chi connectivity index (χ4n) is 1.72. The van der Waals surface area contributed by atoms with Gasteiger partial charge >= 0.3 is 0 Å². The minimum absolute atomic E-state index is 0.224. The Morgan fingerprint density at radius 3 is 2.50 bits per heavy atom. The molecule has 1 aromatic carbocycles. The Bertz CT molecular complexity index is 283. The number of rotatable bonds is 4. The molecule has 0 saturated carbocycles. The average Bonchev–Trinajstić information content (AvgIpc) is 2.16. The van der Waals surface area contributed by atoms with Gasteiger partial charge in [-0.05, 0) is 37.2 Å². The van der Waals surface area contributed by atoms with Crippen LogP contribution in [-0.2, 0) is 0 Å². The molecule has 0 aliphatic carbocycles. The molecule has 0 N–H and O–H groups in total. The summed E-state index contributed by atoms with van der Waals surface area (Å²) in [4.78, 5) is 0. The molecular weight excluding hydrogens is 186 g/mol. The highest BCUT2D eigenvalue weighted by Crippen LogP contribution is 2.15. The molecule has 2 heteroatoms. The van der Waals surface area contributed by atoms with Crippen LogP contribution >= 0.6 is 0 Å². The van der Waals surface area contributed by atoms with Gasteiger partial charge in [-0.25, -0.2) is 0 Å². The summed E-state index contributed by atoms with van der Waals surface area (Å²) in [5.41, 5.74) is 1.57. The van der Waals surface area contributed by atoms with E-state index in [0.717, 1.165) is 0 Å². The Balaban J connectivity index is 2.91. The minimum Gasteiger partial charge on any atom is -0.330 e. The molecule has 0 aliphatic heterocycles. The lowest BCUT2D eigenvalue weighted by atomic mass is 9.99. The minimum atomic E-state index is -0.224. The summed E-state index contributed by atoms with van der Waals surface area (Å²) in [6.45, 7) is 4.58. The van der Waals surface area contributed by atoms with Crippen molar-refractivity contribution in [1.82, 2.24) is 4.57 Å². The summed E-state index contributed by atoms with van der Waals surface area (Å²) >= 11 is 0. The van der Waals surface area contributed by atoms with Crippen LogP contribution in [0.4, 0.5) is 0 Å². The normalized spacial score (nSPS) is 14.1. The molecule has 0 radical (unpaired) electrons. The highest BCUT2D eigenvalue weighted by Gasteiger charge is 2.08. The molecule has 0 spiro atoms. The van der Waals surface area contributed by atoms with Crippen molar-refractivity contribution in [3.8, 4) is 0 Å². The van der Waals surface area contributed by atoms with E-state index >= 15 is 0 Å². The van der Waals surface area contributed by atoms with E-state index in [-0.39, 0.29) is 9.68 Å². The van der Waals surface area contributed by atoms with Crippen LogP contribution < -0.4 is 5.19 Å².